The normalized spacial score (nSPS) is 11.7. The summed E-state index contributed by atoms with van der Waals surface area (Å²) < 4.78 is 3.87. The van der Waals surface area contributed by atoms with E-state index in [1.807, 2.05) is 21.6 Å². The lowest BCUT2D eigenvalue weighted by atomic mass is 10.2. The quantitative estimate of drug-likeness (QED) is 0.836. The molecule has 110 valence electrons. The van der Waals surface area contributed by atoms with Gasteiger partial charge < -0.3 is 5.32 Å². The first-order valence-electron chi connectivity index (χ1n) is 7.17. The Kier molecular flexibility index (Phi) is 4.89. The second kappa shape index (κ2) is 6.65. The van der Waals surface area contributed by atoms with E-state index >= 15 is 0 Å². The second-order valence-electron chi connectivity index (χ2n) is 5.79. The molecule has 0 saturated heterocycles. The lowest BCUT2D eigenvalue weighted by molar-refractivity contribution is 0.455. The predicted molar refractivity (Wildman–Crippen MR) is 78.2 cm³/mol. The molecule has 0 bridgehead atoms. The Hall–Kier alpha value is -1.69. The van der Waals surface area contributed by atoms with Gasteiger partial charge >= 0.3 is 0 Å². The van der Waals surface area contributed by atoms with Crippen LogP contribution in [0, 0.1) is 5.92 Å². The molecule has 0 aliphatic rings. The van der Waals surface area contributed by atoms with Gasteiger partial charge in [0, 0.05) is 25.3 Å². The van der Waals surface area contributed by atoms with Gasteiger partial charge in [-0.1, -0.05) is 27.7 Å². The van der Waals surface area contributed by atoms with Crippen molar-refractivity contribution in [2.24, 2.45) is 5.92 Å². The minimum Gasteiger partial charge on any atom is -0.309 e. The van der Waals surface area contributed by atoms with Crippen molar-refractivity contribution in [3.63, 3.8) is 0 Å². The molecule has 0 unspecified atom stereocenters. The third-order valence-electron chi connectivity index (χ3n) is 2.92. The SMILES string of the molecule is CC(C)Cn1ncnc1Cn1ccc(CNC(C)C)n1. The summed E-state index contributed by atoms with van der Waals surface area (Å²) in [6, 6.07) is 2.51. The highest BCUT2D eigenvalue weighted by Gasteiger charge is 2.08. The summed E-state index contributed by atoms with van der Waals surface area (Å²) in [5.41, 5.74) is 1.05. The van der Waals surface area contributed by atoms with Gasteiger partial charge in [-0.2, -0.15) is 10.2 Å². The zero-order valence-corrected chi connectivity index (χ0v) is 12.7. The third kappa shape index (κ3) is 4.16. The molecule has 0 amide bonds. The summed E-state index contributed by atoms with van der Waals surface area (Å²) >= 11 is 0. The van der Waals surface area contributed by atoms with E-state index in [1.165, 1.54) is 0 Å². The molecule has 2 rings (SSSR count). The number of nitrogens with zero attached hydrogens (tertiary/aromatic N) is 5. The Labute approximate surface area is 120 Å². The summed E-state index contributed by atoms with van der Waals surface area (Å²) in [5, 5.41) is 12.2. The van der Waals surface area contributed by atoms with Crippen LogP contribution in [0.15, 0.2) is 18.6 Å². The van der Waals surface area contributed by atoms with Crippen LogP contribution in [0.4, 0.5) is 0 Å². The van der Waals surface area contributed by atoms with Crippen LogP contribution in [-0.2, 0) is 19.6 Å². The van der Waals surface area contributed by atoms with Crippen molar-refractivity contribution in [2.45, 2.75) is 53.4 Å². The Morgan fingerprint density at radius 3 is 2.75 bits per heavy atom. The van der Waals surface area contributed by atoms with Crippen molar-refractivity contribution in [1.29, 1.82) is 0 Å². The van der Waals surface area contributed by atoms with Gasteiger partial charge in [-0.25, -0.2) is 9.67 Å². The van der Waals surface area contributed by atoms with E-state index < -0.39 is 0 Å². The standard InChI is InChI=1S/C14H24N6/c1-11(2)8-20-14(16-10-17-20)9-19-6-5-13(18-19)7-15-12(3)4/h5-6,10-12,15H,7-9H2,1-4H3. The molecular weight excluding hydrogens is 252 g/mol. The number of hydrogen-bond donors (Lipinski definition) is 1. The number of rotatable bonds is 7. The van der Waals surface area contributed by atoms with Crippen LogP contribution in [0.3, 0.4) is 0 Å². The van der Waals surface area contributed by atoms with Crippen LogP contribution in [-0.4, -0.2) is 30.6 Å². The maximum absolute atomic E-state index is 4.55. The van der Waals surface area contributed by atoms with Gasteiger partial charge in [0.1, 0.15) is 18.7 Å². The molecule has 6 nitrogen and oxygen atoms in total. The molecule has 6 heteroatoms. The largest absolute Gasteiger partial charge is 0.309 e. The lowest BCUT2D eigenvalue weighted by Gasteiger charge is -2.08. The van der Waals surface area contributed by atoms with Crippen LogP contribution in [0.5, 0.6) is 0 Å². The number of hydrogen-bond acceptors (Lipinski definition) is 4. The molecule has 0 atom stereocenters. The molecule has 1 N–H and O–H groups in total. The Balaban J connectivity index is 1.98. The van der Waals surface area contributed by atoms with Gasteiger partial charge in [0.2, 0.25) is 0 Å². The molecule has 2 heterocycles. The highest BCUT2D eigenvalue weighted by Crippen LogP contribution is 2.04. The molecule has 2 aromatic heterocycles. The molecule has 0 radical (unpaired) electrons. The summed E-state index contributed by atoms with van der Waals surface area (Å²) in [5.74, 6) is 1.50. The maximum atomic E-state index is 4.55. The van der Waals surface area contributed by atoms with Gasteiger partial charge in [-0.3, -0.25) is 4.68 Å². The molecule has 20 heavy (non-hydrogen) atoms. The van der Waals surface area contributed by atoms with E-state index in [0.29, 0.717) is 18.5 Å². The smallest absolute Gasteiger partial charge is 0.148 e. The van der Waals surface area contributed by atoms with Gasteiger partial charge in [-0.15, -0.1) is 0 Å². The van der Waals surface area contributed by atoms with Gasteiger partial charge in [0.25, 0.3) is 0 Å². The summed E-state index contributed by atoms with van der Waals surface area (Å²) in [6.07, 6.45) is 3.61. The van der Waals surface area contributed by atoms with Crippen molar-refractivity contribution >= 4 is 0 Å². The van der Waals surface area contributed by atoms with Crippen LogP contribution >= 0.6 is 0 Å². The molecule has 2 aromatic rings. The molecule has 0 aromatic carbocycles. The van der Waals surface area contributed by atoms with Crippen molar-refractivity contribution < 1.29 is 0 Å². The predicted octanol–water partition coefficient (Wildman–Crippen LogP) is 1.68. The lowest BCUT2D eigenvalue weighted by Crippen LogP contribution is -2.22. The van der Waals surface area contributed by atoms with Gasteiger partial charge in [-0.05, 0) is 12.0 Å². The molecule has 0 spiro atoms. The first-order chi connectivity index (χ1) is 9.54. The topological polar surface area (TPSA) is 60.6 Å². The van der Waals surface area contributed by atoms with Crippen LogP contribution < -0.4 is 5.32 Å². The maximum Gasteiger partial charge on any atom is 0.148 e. The van der Waals surface area contributed by atoms with Crippen LogP contribution in [0.25, 0.3) is 0 Å². The molecular formula is C14H24N6. The van der Waals surface area contributed by atoms with E-state index in [1.54, 1.807) is 6.33 Å². The highest BCUT2D eigenvalue weighted by molar-refractivity contribution is 5.00. The van der Waals surface area contributed by atoms with E-state index in [-0.39, 0.29) is 0 Å². The molecule has 0 saturated carbocycles. The van der Waals surface area contributed by atoms with E-state index in [2.05, 4.69) is 48.2 Å². The fourth-order valence-corrected chi connectivity index (χ4v) is 1.95. The molecule has 0 aliphatic heterocycles. The monoisotopic (exact) mass is 276 g/mol. The Morgan fingerprint density at radius 2 is 2.05 bits per heavy atom. The molecule has 0 aliphatic carbocycles. The first-order valence-corrected chi connectivity index (χ1v) is 7.17. The highest BCUT2D eigenvalue weighted by atomic mass is 15.4. The fraction of sp³-hybridized carbons (Fsp3) is 0.643. The number of aromatic nitrogens is 5. The van der Waals surface area contributed by atoms with E-state index in [0.717, 1.165) is 24.6 Å². The van der Waals surface area contributed by atoms with Crippen molar-refractivity contribution in [3.05, 3.63) is 30.1 Å². The zero-order valence-electron chi connectivity index (χ0n) is 12.7. The van der Waals surface area contributed by atoms with Crippen molar-refractivity contribution in [3.8, 4) is 0 Å². The van der Waals surface area contributed by atoms with Gasteiger partial charge in [0.05, 0.1) is 5.69 Å². The third-order valence-corrected chi connectivity index (χ3v) is 2.92. The van der Waals surface area contributed by atoms with Gasteiger partial charge in [0.15, 0.2) is 0 Å². The van der Waals surface area contributed by atoms with Crippen LogP contribution in [0.1, 0.15) is 39.2 Å². The fourth-order valence-electron chi connectivity index (χ4n) is 1.95. The Bertz CT molecular complexity index is 525. The first kappa shape index (κ1) is 14.7. The summed E-state index contributed by atoms with van der Waals surface area (Å²) in [4.78, 5) is 4.32. The zero-order chi connectivity index (χ0) is 14.5. The minimum atomic E-state index is 0.467. The van der Waals surface area contributed by atoms with Crippen LogP contribution in [0.2, 0.25) is 0 Å². The van der Waals surface area contributed by atoms with E-state index in [4.69, 9.17) is 0 Å². The number of nitrogens with one attached hydrogen (secondary N) is 1. The minimum absolute atomic E-state index is 0.467. The average Bonchev–Trinajstić information content (AvgIpc) is 2.97. The Morgan fingerprint density at radius 1 is 1.25 bits per heavy atom. The van der Waals surface area contributed by atoms with E-state index in [9.17, 15) is 0 Å². The van der Waals surface area contributed by atoms with Crippen molar-refractivity contribution in [2.75, 3.05) is 0 Å². The van der Waals surface area contributed by atoms with Crippen molar-refractivity contribution in [1.82, 2.24) is 29.9 Å². The summed E-state index contributed by atoms with van der Waals surface area (Å²) in [6.45, 7) is 11.0. The average molecular weight is 276 g/mol. The second-order valence-corrected chi connectivity index (χ2v) is 5.79. The summed E-state index contributed by atoms with van der Waals surface area (Å²) in [7, 11) is 0. The molecule has 0 fully saturated rings.